The molecule has 3 aromatic carbocycles. The highest BCUT2D eigenvalue weighted by molar-refractivity contribution is 6.31. The molecule has 3 atom stereocenters. The van der Waals surface area contributed by atoms with Crippen LogP contribution in [-0.2, 0) is 22.6 Å². The van der Waals surface area contributed by atoms with Gasteiger partial charge in [-0.05, 0) is 55.5 Å². The molecule has 2 amide bonds. The first-order chi connectivity index (χ1) is 21.8. The van der Waals surface area contributed by atoms with Crippen molar-refractivity contribution in [2.75, 3.05) is 19.6 Å². The van der Waals surface area contributed by atoms with Crippen LogP contribution in [0.5, 0.6) is 11.5 Å². The lowest BCUT2D eigenvalue weighted by atomic mass is 9.64. The Bertz CT molecular complexity index is 1470. The van der Waals surface area contributed by atoms with Crippen LogP contribution in [0.1, 0.15) is 44.2 Å². The molecule has 1 unspecified atom stereocenters. The van der Waals surface area contributed by atoms with Gasteiger partial charge in [0.15, 0.2) is 0 Å². The van der Waals surface area contributed by atoms with Crippen LogP contribution in [0.2, 0.25) is 5.02 Å². The number of para-hydroxylation sites is 1. The van der Waals surface area contributed by atoms with Gasteiger partial charge >= 0.3 is 0 Å². The van der Waals surface area contributed by atoms with Gasteiger partial charge in [0, 0.05) is 48.3 Å². The molecule has 0 aliphatic heterocycles. The van der Waals surface area contributed by atoms with E-state index in [1.54, 1.807) is 18.2 Å². The predicted molar refractivity (Wildman–Crippen MR) is 180 cm³/mol. The van der Waals surface area contributed by atoms with Gasteiger partial charge in [0.1, 0.15) is 11.5 Å². The van der Waals surface area contributed by atoms with Crippen molar-refractivity contribution in [1.29, 1.82) is 0 Å². The molecule has 0 bridgehead atoms. The fraction of sp³-hybridized carbons (Fsp3) is 0.351. The smallest absolute Gasteiger partial charge is 0.244 e. The summed E-state index contributed by atoms with van der Waals surface area (Å²) in [7, 11) is 0. The summed E-state index contributed by atoms with van der Waals surface area (Å²) < 4.78 is 6.13. The van der Waals surface area contributed by atoms with Crippen molar-refractivity contribution < 1.29 is 19.4 Å². The Morgan fingerprint density at radius 3 is 2.31 bits per heavy atom. The van der Waals surface area contributed by atoms with Gasteiger partial charge in [-0.3, -0.25) is 9.59 Å². The van der Waals surface area contributed by atoms with Crippen LogP contribution >= 0.6 is 11.6 Å². The Morgan fingerprint density at radius 2 is 1.67 bits per heavy atom. The lowest BCUT2D eigenvalue weighted by Crippen LogP contribution is -2.54. The number of nitrogens with one attached hydrogen (secondary N) is 1. The molecule has 3 aromatic rings. The van der Waals surface area contributed by atoms with E-state index in [9.17, 15) is 14.7 Å². The number of nitrogens with zero attached hydrogens (tertiary/aromatic N) is 1. The number of amides is 2. The van der Waals surface area contributed by atoms with Gasteiger partial charge in [-0.25, -0.2) is 0 Å². The fourth-order valence-corrected chi connectivity index (χ4v) is 6.32. The number of benzene rings is 3. The first-order valence-electron chi connectivity index (χ1n) is 15.7. The number of nitrogens with two attached hydrogens (primary N) is 1. The number of hydrogen-bond donors (Lipinski definition) is 3. The van der Waals surface area contributed by atoms with Gasteiger partial charge in [-0.2, -0.15) is 0 Å². The van der Waals surface area contributed by atoms with E-state index in [2.05, 4.69) is 5.32 Å². The zero-order valence-corrected chi connectivity index (χ0v) is 26.9. The standard InChI is InChI=1S/C37H44ClN3O4/c1-3-21-41(22-4-2)36(44)37(20-12-15-28(24-37)35(39)43)31(23-27-13-7-5-8-14-27)33(42)26-40-25-30-32(38)18-11-19-34(30)45-29-16-9-6-10-17-29/h5-20,31,33,40,42H,3-4,21-26H2,1-2H3,(H2,39,43)/t31-,33+,37?/m1/s1. The minimum absolute atomic E-state index is 0.0982. The SMILES string of the molecule is CCCN(CCC)C(=O)C1([C@H](Cc2ccccc2)[C@@H](O)CNCc2c(Cl)cccc2Oc2ccccc2)C=CC=C(C(N)=O)C1. The largest absolute Gasteiger partial charge is 0.457 e. The van der Waals surface area contributed by atoms with Crippen LogP contribution < -0.4 is 15.8 Å². The van der Waals surface area contributed by atoms with Crippen molar-refractivity contribution in [3.8, 4) is 11.5 Å². The molecular weight excluding hydrogens is 586 g/mol. The van der Waals surface area contributed by atoms with Crippen molar-refractivity contribution in [3.05, 3.63) is 119 Å². The molecule has 1 aliphatic rings. The molecule has 4 N–H and O–H groups in total. The maximum Gasteiger partial charge on any atom is 0.244 e. The van der Waals surface area contributed by atoms with Crippen LogP contribution in [0.15, 0.2) is 103 Å². The number of carbonyl (C=O) groups excluding carboxylic acids is 2. The molecule has 0 fully saturated rings. The normalized spacial score (nSPS) is 17.3. The Balaban J connectivity index is 1.65. The number of rotatable bonds is 16. The maximum absolute atomic E-state index is 14.6. The number of primary amides is 1. The van der Waals surface area contributed by atoms with Crippen LogP contribution in [0.25, 0.3) is 0 Å². The third kappa shape index (κ3) is 8.63. The summed E-state index contributed by atoms with van der Waals surface area (Å²) in [6.45, 7) is 5.75. The van der Waals surface area contributed by atoms with E-state index in [4.69, 9.17) is 22.1 Å². The zero-order valence-electron chi connectivity index (χ0n) is 26.1. The molecule has 8 heteroatoms. The first-order valence-corrected chi connectivity index (χ1v) is 16.1. The van der Waals surface area contributed by atoms with Gasteiger partial charge in [-0.15, -0.1) is 0 Å². The molecule has 1 aliphatic carbocycles. The van der Waals surface area contributed by atoms with Gasteiger partial charge in [0.25, 0.3) is 0 Å². The molecule has 4 rings (SSSR count). The molecule has 45 heavy (non-hydrogen) atoms. The number of aliphatic hydroxyl groups excluding tert-OH is 1. The van der Waals surface area contributed by atoms with E-state index >= 15 is 0 Å². The summed E-state index contributed by atoms with van der Waals surface area (Å²) in [5.41, 5.74) is 6.71. The highest BCUT2D eigenvalue weighted by Crippen LogP contribution is 2.44. The lowest BCUT2D eigenvalue weighted by Gasteiger charge is -2.44. The summed E-state index contributed by atoms with van der Waals surface area (Å²) >= 11 is 6.61. The number of allylic oxidation sites excluding steroid dienone is 2. The molecule has 0 saturated carbocycles. The molecule has 0 radical (unpaired) electrons. The predicted octanol–water partition coefficient (Wildman–Crippen LogP) is 6.45. The van der Waals surface area contributed by atoms with Gasteiger partial charge in [0.05, 0.1) is 11.5 Å². The maximum atomic E-state index is 14.6. The van der Waals surface area contributed by atoms with Crippen LogP contribution in [-0.4, -0.2) is 47.6 Å². The molecular formula is C37H44ClN3O4. The van der Waals surface area contributed by atoms with Crippen LogP contribution in [0, 0.1) is 11.3 Å². The van der Waals surface area contributed by atoms with Crippen molar-refractivity contribution in [2.24, 2.45) is 17.1 Å². The van der Waals surface area contributed by atoms with Crippen LogP contribution in [0.4, 0.5) is 0 Å². The molecule has 0 spiro atoms. The number of carbonyl (C=O) groups is 2. The Labute approximate surface area is 271 Å². The Hall–Kier alpha value is -3.91. The second kappa shape index (κ2) is 16.4. The molecule has 0 heterocycles. The highest BCUT2D eigenvalue weighted by Gasteiger charge is 2.49. The lowest BCUT2D eigenvalue weighted by molar-refractivity contribution is -0.145. The molecule has 0 aromatic heterocycles. The summed E-state index contributed by atoms with van der Waals surface area (Å²) in [6, 6.07) is 24.8. The highest BCUT2D eigenvalue weighted by atomic mass is 35.5. The van der Waals surface area contributed by atoms with Gasteiger partial charge in [-0.1, -0.05) is 98.3 Å². The van der Waals surface area contributed by atoms with Crippen LogP contribution in [0.3, 0.4) is 0 Å². The van der Waals surface area contributed by atoms with Crippen molar-refractivity contribution >= 4 is 23.4 Å². The summed E-state index contributed by atoms with van der Waals surface area (Å²) in [4.78, 5) is 28.9. The molecule has 7 nitrogen and oxygen atoms in total. The number of halogens is 1. The Kier molecular flexibility index (Phi) is 12.4. The minimum atomic E-state index is -1.17. The average molecular weight is 630 g/mol. The van der Waals surface area contributed by atoms with Gasteiger partial charge in [0.2, 0.25) is 11.8 Å². The average Bonchev–Trinajstić information content (AvgIpc) is 3.05. The first kappa shape index (κ1) is 34.0. The van der Waals surface area contributed by atoms with E-state index < -0.39 is 23.3 Å². The Morgan fingerprint density at radius 1 is 1.00 bits per heavy atom. The number of hydrogen-bond acceptors (Lipinski definition) is 5. The van der Waals surface area contributed by atoms with Gasteiger partial charge < -0.3 is 25.8 Å². The van der Waals surface area contributed by atoms with E-state index in [1.165, 1.54) is 0 Å². The molecule has 238 valence electrons. The zero-order chi connectivity index (χ0) is 32.2. The molecule has 0 saturated heterocycles. The van der Waals surface area contributed by atoms with Crippen molar-refractivity contribution in [1.82, 2.24) is 10.2 Å². The van der Waals surface area contributed by atoms with E-state index in [0.29, 0.717) is 48.1 Å². The van der Waals surface area contributed by atoms with E-state index in [0.717, 1.165) is 24.0 Å². The van der Waals surface area contributed by atoms with E-state index in [-0.39, 0.29) is 18.9 Å². The van der Waals surface area contributed by atoms with Crippen molar-refractivity contribution in [2.45, 2.75) is 52.2 Å². The monoisotopic (exact) mass is 629 g/mol. The second-order valence-corrected chi connectivity index (χ2v) is 12.0. The third-order valence-corrected chi connectivity index (χ3v) is 8.64. The fourth-order valence-electron chi connectivity index (χ4n) is 6.09. The quantitative estimate of drug-likeness (QED) is 0.169. The van der Waals surface area contributed by atoms with Crippen molar-refractivity contribution in [3.63, 3.8) is 0 Å². The number of aliphatic hydroxyl groups is 1. The topological polar surface area (TPSA) is 105 Å². The summed E-state index contributed by atoms with van der Waals surface area (Å²) in [5, 5.41) is 15.9. The third-order valence-electron chi connectivity index (χ3n) is 8.29. The van der Waals surface area contributed by atoms with E-state index in [1.807, 2.05) is 97.6 Å². The second-order valence-electron chi connectivity index (χ2n) is 11.6. The summed E-state index contributed by atoms with van der Waals surface area (Å²) in [5.74, 6) is 0.0744. The summed E-state index contributed by atoms with van der Waals surface area (Å²) in [6.07, 6.45) is 6.46. The minimum Gasteiger partial charge on any atom is -0.457 e. The number of ether oxygens (including phenoxy) is 1.